The molecule has 0 fully saturated rings. The van der Waals surface area contributed by atoms with Crippen LogP contribution in [-0.2, 0) is 13.0 Å². The van der Waals surface area contributed by atoms with Gasteiger partial charge in [0, 0.05) is 12.6 Å². The fourth-order valence-electron chi connectivity index (χ4n) is 3.11. The van der Waals surface area contributed by atoms with Crippen LogP contribution in [0.1, 0.15) is 5.56 Å². The van der Waals surface area contributed by atoms with Gasteiger partial charge in [-0.3, -0.25) is 0 Å². The minimum atomic E-state index is -0.611. The van der Waals surface area contributed by atoms with Gasteiger partial charge >= 0.3 is 0 Å². The highest BCUT2D eigenvalue weighted by atomic mass is 32.2. The molecule has 0 saturated carbocycles. The summed E-state index contributed by atoms with van der Waals surface area (Å²) in [6, 6.07) is 8.89. The summed E-state index contributed by atoms with van der Waals surface area (Å²) in [6.07, 6.45) is 1.93. The number of nitrogens with two attached hydrogens (primary N) is 1. The molecule has 160 valence electrons. The molecule has 0 spiro atoms. The van der Waals surface area contributed by atoms with E-state index >= 15 is 0 Å². The summed E-state index contributed by atoms with van der Waals surface area (Å²) in [6.45, 7) is 0.401. The van der Waals surface area contributed by atoms with Crippen LogP contribution in [0.25, 0.3) is 11.5 Å². The van der Waals surface area contributed by atoms with Gasteiger partial charge in [-0.2, -0.15) is 0 Å². The highest BCUT2D eigenvalue weighted by Crippen LogP contribution is 2.38. The molecule has 0 bridgehead atoms. The number of fused-ring (bicyclic) bond motifs is 1. The average molecular weight is 443 g/mol. The molecule has 0 amide bonds. The number of nitrogens with zero attached hydrogens (tertiary/aromatic N) is 4. The van der Waals surface area contributed by atoms with E-state index in [1.54, 1.807) is 37.2 Å². The van der Waals surface area contributed by atoms with Gasteiger partial charge in [0.1, 0.15) is 23.1 Å². The third-order valence-corrected chi connectivity index (χ3v) is 5.51. The molecular formula is C21H19F2N5O2S. The normalized spacial score (nSPS) is 11.1. The largest absolute Gasteiger partial charge is 0.497 e. The third-order valence-electron chi connectivity index (χ3n) is 4.61. The zero-order valence-corrected chi connectivity index (χ0v) is 17.6. The minimum absolute atomic E-state index is 0.250. The summed E-state index contributed by atoms with van der Waals surface area (Å²) in [5, 5.41) is 0.465. The third kappa shape index (κ3) is 4.53. The second-order valence-electron chi connectivity index (χ2n) is 6.65. The lowest BCUT2D eigenvalue weighted by Crippen LogP contribution is -2.10. The molecule has 0 unspecified atom stereocenters. The van der Waals surface area contributed by atoms with Crippen LogP contribution >= 0.6 is 11.8 Å². The van der Waals surface area contributed by atoms with Crippen molar-refractivity contribution in [3.8, 4) is 23.0 Å². The number of aromatic nitrogens is 4. The molecule has 10 heteroatoms. The smallest absolute Gasteiger partial charge is 0.195 e. The first kappa shape index (κ1) is 20.9. The van der Waals surface area contributed by atoms with Gasteiger partial charge in [-0.05, 0) is 54.1 Å². The van der Waals surface area contributed by atoms with Gasteiger partial charge in [0.25, 0.3) is 0 Å². The number of imidazole rings is 1. The Morgan fingerprint density at radius 2 is 1.81 bits per heavy atom. The highest BCUT2D eigenvalue weighted by Gasteiger charge is 2.20. The zero-order valence-electron chi connectivity index (χ0n) is 16.8. The molecule has 0 aromatic heterocycles. The molecule has 2 aliphatic rings. The molecular weight excluding hydrogens is 424 g/mol. The molecule has 2 heterocycles. The van der Waals surface area contributed by atoms with Gasteiger partial charge in [-0.15, -0.1) is 0 Å². The summed E-state index contributed by atoms with van der Waals surface area (Å²) < 4.78 is 39.4. The van der Waals surface area contributed by atoms with Crippen molar-refractivity contribution in [1.29, 1.82) is 0 Å². The summed E-state index contributed by atoms with van der Waals surface area (Å²) in [4.78, 5) is 14.1. The first-order valence-electron chi connectivity index (χ1n) is 9.30. The van der Waals surface area contributed by atoms with E-state index in [9.17, 15) is 8.78 Å². The topological polar surface area (TPSA) is 88.1 Å². The van der Waals surface area contributed by atoms with Crippen molar-refractivity contribution in [2.75, 3.05) is 20.0 Å². The highest BCUT2D eigenvalue weighted by molar-refractivity contribution is 7.99. The monoisotopic (exact) mass is 443 g/mol. The van der Waals surface area contributed by atoms with Gasteiger partial charge in [-0.1, -0.05) is 0 Å². The lowest BCUT2D eigenvalue weighted by atomic mass is 10.1. The van der Waals surface area contributed by atoms with Crippen LogP contribution in [0.3, 0.4) is 0 Å². The standard InChI is InChI=1S/C21H19F2N5O2S/c1-29-15-3-4-16(30-2)17(10-15)31-21-26-18-19(24)25-11-28(20(18)27-21)6-5-12-7-13(22)9-14(23)8-12/h3-4,7-11H,5-6,24H2,1-2H3. The maximum atomic E-state index is 13.5. The number of benzene rings is 2. The van der Waals surface area contributed by atoms with Gasteiger partial charge in [0.15, 0.2) is 22.5 Å². The van der Waals surface area contributed by atoms with E-state index in [0.717, 1.165) is 11.0 Å². The molecule has 0 saturated heterocycles. The second-order valence-corrected chi connectivity index (χ2v) is 7.66. The van der Waals surface area contributed by atoms with Crippen molar-refractivity contribution >= 4 is 17.6 Å². The number of nitrogen functional groups attached to an aromatic ring is 1. The van der Waals surface area contributed by atoms with E-state index in [1.165, 1.54) is 23.9 Å². The summed E-state index contributed by atoms with van der Waals surface area (Å²) >= 11 is 1.31. The molecule has 2 aromatic carbocycles. The minimum Gasteiger partial charge on any atom is -0.497 e. The zero-order chi connectivity index (χ0) is 22.0. The van der Waals surface area contributed by atoms with Gasteiger partial charge < -0.3 is 19.8 Å². The Kier molecular flexibility index (Phi) is 5.90. The average Bonchev–Trinajstić information content (AvgIpc) is 3.17. The quantitative estimate of drug-likeness (QED) is 0.461. The molecule has 2 aliphatic heterocycles. The first-order chi connectivity index (χ1) is 15.0. The van der Waals surface area contributed by atoms with Gasteiger partial charge in [0.05, 0.1) is 25.4 Å². The van der Waals surface area contributed by atoms with E-state index in [-0.39, 0.29) is 5.82 Å². The van der Waals surface area contributed by atoms with Crippen molar-refractivity contribution in [2.45, 2.75) is 23.0 Å². The maximum absolute atomic E-state index is 13.5. The number of ether oxygens (including phenoxy) is 2. The maximum Gasteiger partial charge on any atom is 0.195 e. The SMILES string of the molecule is COc1ccc(OC)c(Sc2nc3c(N)ncn(CCc4cc(F)cc(F)c4)c-3n2)c1. The van der Waals surface area contributed by atoms with Crippen LogP contribution in [0.15, 0.2) is 52.8 Å². The van der Waals surface area contributed by atoms with E-state index in [0.29, 0.717) is 46.7 Å². The van der Waals surface area contributed by atoms with Crippen LogP contribution < -0.4 is 15.2 Å². The number of methoxy groups -OCH3 is 2. The molecule has 0 aliphatic carbocycles. The fraction of sp³-hybridized carbons (Fsp3) is 0.190. The Balaban J connectivity index is 1.63. The van der Waals surface area contributed by atoms with Crippen molar-refractivity contribution in [3.63, 3.8) is 0 Å². The summed E-state index contributed by atoms with van der Waals surface area (Å²) in [7, 11) is 3.17. The number of rotatable bonds is 7. The Labute approximate surface area is 181 Å². The summed E-state index contributed by atoms with van der Waals surface area (Å²) in [5.74, 6) is 0.901. The molecule has 7 nitrogen and oxygen atoms in total. The Hall–Kier alpha value is -3.40. The lowest BCUT2D eigenvalue weighted by molar-refractivity contribution is 0.394. The Bertz CT molecular complexity index is 1180. The van der Waals surface area contributed by atoms with Gasteiger partial charge in [0.2, 0.25) is 0 Å². The van der Waals surface area contributed by atoms with E-state index in [1.807, 2.05) is 6.07 Å². The molecule has 31 heavy (non-hydrogen) atoms. The van der Waals surface area contributed by atoms with Crippen LogP contribution in [0, 0.1) is 11.6 Å². The molecule has 2 N–H and O–H groups in total. The second kappa shape index (κ2) is 8.76. The molecule has 2 aromatic rings. The van der Waals surface area contributed by atoms with Crippen LogP contribution in [-0.4, -0.2) is 33.7 Å². The van der Waals surface area contributed by atoms with Gasteiger partial charge in [-0.25, -0.2) is 23.7 Å². The Morgan fingerprint density at radius 1 is 1.03 bits per heavy atom. The number of hydrogen-bond acceptors (Lipinski definition) is 7. The van der Waals surface area contributed by atoms with E-state index in [2.05, 4.69) is 15.0 Å². The predicted octanol–water partition coefficient (Wildman–Crippen LogP) is 4.05. The number of aryl methyl sites for hydroxylation is 2. The van der Waals surface area contributed by atoms with Crippen molar-refractivity contribution < 1.29 is 18.3 Å². The van der Waals surface area contributed by atoms with Crippen LogP contribution in [0.2, 0.25) is 0 Å². The van der Waals surface area contributed by atoms with Crippen molar-refractivity contribution in [1.82, 2.24) is 19.5 Å². The molecule has 0 radical (unpaired) electrons. The first-order valence-corrected chi connectivity index (χ1v) is 10.1. The fourth-order valence-corrected chi connectivity index (χ4v) is 4.00. The van der Waals surface area contributed by atoms with Crippen LogP contribution in [0.4, 0.5) is 14.6 Å². The Morgan fingerprint density at radius 3 is 2.52 bits per heavy atom. The van der Waals surface area contributed by atoms with Crippen molar-refractivity contribution in [2.24, 2.45) is 0 Å². The van der Waals surface area contributed by atoms with Crippen molar-refractivity contribution in [3.05, 3.63) is 59.9 Å². The lowest BCUT2D eigenvalue weighted by Gasteiger charge is -2.11. The number of anilines is 1. The molecule has 0 atom stereocenters. The molecule has 4 rings (SSSR count). The number of halogens is 2. The van der Waals surface area contributed by atoms with E-state index < -0.39 is 11.6 Å². The summed E-state index contributed by atoms with van der Waals surface area (Å²) in [5.41, 5.74) is 6.99. The number of hydrogen-bond donors (Lipinski definition) is 1. The van der Waals surface area contributed by atoms with E-state index in [4.69, 9.17) is 15.2 Å². The predicted molar refractivity (Wildman–Crippen MR) is 113 cm³/mol. The van der Waals surface area contributed by atoms with Crippen LogP contribution in [0.5, 0.6) is 11.5 Å².